The third kappa shape index (κ3) is 3.64. The Labute approximate surface area is 142 Å². The fourth-order valence-electron chi connectivity index (χ4n) is 4.72. The van der Waals surface area contributed by atoms with Crippen molar-refractivity contribution in [2.45, 2.75) is 89.5 Å². The van der Waals surface area contributed by atoms with E-state index in [1.54, 1.807) is 0 Å². The van der Waals surface area contributed by atoms with Gasteiger partial charge in [-0.05, 0) is 38.2 Å². The number of rotatable bonds is 4. The summed E-state index contributed by atoms with van der Waals surface area (Å²) in [5.41, 5.74) is 1.79. The van der Waals surface area contributed by atoms with Crippen molar-refractivity contribution in [1.82, 2.24) is 5.32 Å². The van der Waals surface area contributed by atoms with Crippen molar-refractivity contribution >= 4 is 0 Å². The highest BCUT2D eigenvalue weighted by atomic mass is 16.5. The highest BCUT2D eigenvalue weighted by molar-refractivity contribution is 5.14. The molecule has 2 heteroatoms. The summed E-state index contributed by atoms with van der Waals surface area (Å²) in [6, 6.07) is 10.6. The van der Waals surface area contributed by atoms with Crippen molar-refractivity contribution < 1.29 is 4.74 Å². The van der Waals surface area contributed by atoms with Gasteiger partial charge in [-0.25, -0.2) is 0 Å². The van der Waals surface area contributed by atoms with Crippen LogP contribution >= 0.6 is 0 Å². The maximum atomic E-state index is 6.47. The van der Waals surface area contributed by atoms with Gasteiger partial charge in [0.1, 0.15) is 0 Å². The largest absolute Gasteiger partial charge is 0.373 e. The van der Waals surface area contributed by atoms with E-state index in [0.717, 1.165) is 13.0 Å². The summed E-state index contributed by atoms with van der Waals surface area (Å²) in [5, 5.41) is 4.09. The van der Waals surface area contributed by atoms with E-state index in [2.05, 4.69) is 56.4 Å². The molecule has 3 atom stereocenters. The van der Waals surface area contributed by atoms with Crippen molar-refractivity contribution in [2.75, 3.05) is 0 Å². The predicted octanol–water partition coefficient (Wildman–Crippen LogP) is 5.07. The molecule has 3 unspecified atom stereocenters. The minimum atomic E-state index is 0.213. The normalized spacial score (nSPS) is 33.7. The van der Waals surface area contributed by atoms with Crippen molar-refractivity contribution in [3.8, 4) is 0 Å². The number of hydrogen-bond donors (Lipinski definition) is 1. The van der Waals surface area contributed by atoms with Gasteiger partial charge in [0.2, 0.25) is 0 Å². The molecule has 3 rings (SSSR count). The summed E-state index contributed by atoms with van der Waals surface area (Å²) in [4.78, 5) is 0. The highest BCUT2D eigenvalue weighted by Crippen LogP contribution is 2.44. The van der Waals surface area contributed by atoms with Gasteiger partial charge in [0.25, 0.3) is 0 Å². The first-order valence-corrected chi connectivity index (χ1v) is 9.52. The van der Waals surface area contributed by atoms with Gasteiger partial charge in [0, 0.05) is 17.0 Å². The Morgan fingerprint density at radius 2 is 1.83 bits per heavy atom. The predicted molar refractivity (Wildman–Crippen MR) is 96.4 cm³/mol. The lowest BCUT2D eigenvalue weighted by Crippen LogP contribution is -2.68. The molecule has 2 fully saturated rings. The third-order valence-electron chi connectivity index (χ3n) is 6.46. The van der Waals surface area contributed by atoms with E-state index in [1.807, 2.05) is 0 Å². The Kier molecular flexibility index (Phi) is 5.13. The number of piperidine rings is 1. The second kappa shape index (κ2) is 6.94. The van der Waals surface area contributed by atoms with Crippen LogP contribution in [0.1, 0.15) is 71.3 Å². The zero-order valence-electron chi connectivity index (χ0n) is 15.1. The van der Waals surface area contributed by atoms with Crippen LogP contribution in [-0.4, -0.2) is 17.2 Å². The van der Waals surface area contributed by atoms with Crippen LogP contribution in [0.25, 0.3) is 0 Å². The van der Waals surface area contributed by atoms with E-state index in [0.29, 0.717) is 17.6 Å². The molecule has 2 aliphatic rings. The summed E-state index contributed by atoms with van der Waals surface area (Å²) in [6.45, 7) is 7.87. The number of hydrogen-bond acceptors (Lipinski definition) is 2. The molecular weight excluding hydrogens is 282 g/mol. The number of ether oxygens (including phenoxy) is 1. The zero-order chi connectivity index (χ0) is 16.3. The summed E-state index contributed by atoms with van der Waals surface area (Å²) in [7, 11) is 0. The topological polar surface area (TPSA) is 21.3 Å². The maximum Gasteiger partial charge on any atom is 0.0720 e. The van der Waals surface area contributed by atoms with E-state index >= 15 is 0 Å². The van der Waals surface area contributed by atoms with Gasteiger partial charge in [-0.1, -0.05) is 63.4 Å². The third-order valence-corrected chi connectivity index (χ3v) is 6.46. The molecule has 0 radical (unpaired) electrons. The van der Waals surface area contributed by atoms with Crippen LogP contribution in [0.4, 0.5) is 0 Å². The molecular formula is C21H33NO. The molecule has 0 amide bonds. The molecule has 0 bridgehead atoms. The van der Waals surface area contributed by atoms with E-state index in [4.69, 9.17) is 4.74 Å². The van der Waals surface area contributed by atoms with Crippen molar-refractivity contribution in [3.05, 3.63) is 35.9 Å². The first kappa shape index (κ1) is 17.0. The molecule has 1 aromatic carbocycles. The van der Waals surface area contributed by atoms with Crippen LogP contribution in [0.5, 0.6) is 0 Å². The standard InChI is InChI=1S/C21H33NO/c1-4-20(3)15-19(23-16-18-11-7-5-8-12-18)17(2)21(22-20)13-9-6-10-14-21/h5,7-8,11-12,17,19,22H,4,6,9-10,13-16H2,1-3H3. The van der Waals surface area contributed by atoms with Gasteiger partial charge in [0.15, 0.2) is 0 Å². The van der Waals surface area contributed by atoms with E-state index in [-0.39, 0.29) is 5.54 Å². The Hall–Kier alpha value is -0.860. The summed E-state index contributed by atoms with van der Waals surface area (Å²) in [5.74, 6) is 0.589. The molecule has 1 aliphatic heterocycles. The molecule has 128 valence electrons. The summed E-state index contributed by atoms with van der Waals surface area (Å²) >= 11 is 0. The van der Waals surface area contributed by atoms with Crippen LogP contribution in [0.3, 0.4) is 0 Å². The van der Waals surface area contributed by atoms with Gasteiger partial charge < -0.3 is 10.1 Å². The fourth-order valence-corrected chi connectivity index (χ4v) is 4.72. The first-order valence-electron chi connectivity index (χ1n) is 9.52. The molecule has 2 nitrogen and oxygen atoms in total. The number of benzene rings is 1. The molecule has 1 heterocycles. The summed E-state index contributed by atoms with van der Waals surface area (Å²) < 4.78 is 6.47. The Balaban J connectivity index is 1.74. The Bertz CT molecular complexity index is 494. The average Bonchev–Trinajstić information content (AvgIpc) is 2.59. The van der Waals surface area contributed by atoms with E-state index in [9.17, 15) is 0 Å². The first-order chi connectivity index (χ1) is 11.1. The van der Waals surface area contributed by atoms with Crippen LogP contribution < -0.4 is 5.32 Å². The molecule has 1 aromatic rings. The van der Waals surface area contributed by atoms with E-state index < -0.39 is 0 Å². The smallest absolute Gasteiger partial charge is 0.0720 e. The van der Waals surface area contributed by atoms with Crippen LogP contribution in [-0.2, 0) is 11.3 Å². The minimum absolute atomic E-state index is 0.213. The molecule has 1 saturated carbocycles. The Morgan fingerprint density at radius 3 is 2.48 bits per heavy atom. The van der Waals surface area contributed by atoms with Gasteiger partial charge in [0.05, 0.1) is 12.7 Å². The zero-order valence-corrected chi connectivity index (χ0v) is 15.1. The van der Waals surface area contributed by atoms with Gasteiger partial charge in [-0.15, -0.1) is 0 Å². The molecule has 1 saturated heterocycles. The quantitative estimate of drug-likeness (QED) is 0.837. The molecule has 1 aliphatic carbocycles. The lowest BCUT2D eigenvalue weighted by atomic mass is 9.64. The van der Waals surface area contributed by atoms with Crippen LogP contribution in [0, 0.1) is 5.92 Å². The van der Waals surface area contributed by atoms with Gasteiger partial charge in [-0.3, -0.25) is 0 Å². The fraction of sp³-hybridized carbons (Fsp3) is 0.714. The van der Waals surface area contributed by atoms with Crippen molar-refractivity contribution in [1.29, 1.82) is 0 Å². The van der Waals surface area contributed by atoms with Crippen LogP contribution in [0.2, 0.25) is 0 Å². The lowest BCUT2D eigenvalue weighted by Gasteiger charge is -2.56. The maximum absolute atomic E-state index is 6.47. The monoisotopic (exact) mass is 315 g/mol. The molecule has 0 aromatic heterocycles. The van der Waals surface area contributed by atoms with Gasteiger partial charge in [-0.2, -0.15) is 0 Å². The molecule has 23 heavy (non-hydrogen) atoms. The van der Waals surface area contributed by atoms with Gasteiger partial charge >= 0.3 is 0 Å². The lowest BCUT2D eigenvalue weighted by molar-refractivity contribution is -0.0918. The number of nitrogens with one attached hydrogen (secondary N) is 1. The minimum Gasteiger partial charge on any atom is -0.373 e. The van der Waals surface area contributed by atoms with Crippen molar-refractivity contribution in [3.63, 3.8) is 0 Å². The molecule has 1 spiro atoms. The SMILES string of the molecule is CCC1(C)CC(OCc2ccccc2)C(C)C2(CCCCC2)N1. The van der Waals surface area contributed by atoms with Crippen LogP contribution in [0.15, 0.2) is 30.3 Å². The molecule has 1 N–H and O–H groups in total. The second-order valence-electron chi connectivity index (χ2n) is 8.08. The van der Waals surface area contributed by atoms with Crippen molar-refractivity contribution in [2.24, 2.45) is 5.92 Å². The summed E-state index contributed by atoms with van der Waals surface area (Å²) in [6.07, 6.45) is 9.41. The Morgan fingerprint density at radius 1 is 1.13 bits per heavy atom. The average molecular weight is 316 g/mol. The van der Waals surface area contributed by atoms with E-state index in [1.165, 1.54) is 44.1 Å². The second-order valence-corrected chi connectivity index (χ2v) is 8.08. The highest BCUT2D eigenvalue weighted by Gasteiger charge is 2.50.